The van der Waals surface area contributed by atoms with E-state index >= 15 is 0 Å². The molecule has 3 rings (SSSR count). The minimum atomic E-state index is -0.405. The Hall–Kier alpha value is -2.77. The second-order valence-corrected chi connectivity index (χ2v) is 7.12. The van der Waals surface area contributed by atoms with Gasteiger partial charge in [0.05, 0.1) is 17.2 Å². The number of hydrogen-bond donors (Lipinski definition) is 0. The van der Waals surface area contributed by atoms with Crippen molar-refractivity contribution in [1.29, 1.82) is 5.26 Å². The van der Waals surface area contributed by atoms with Crippen LogP contribution in [-0.2, 0) is 0 Å². The first-order valence-corrected chi connectivity index (χ1v) is 9.57. The van der Waals surface area contributed by atoms with Gasteiger partial charge in [-0.2, -0.15) is 5.26 Å². The standard InChI is InChI=1S/C22H19NO2S/c1-2-3-12-26-21-11-8-17-13-19(7-6-18(17)14-21)22(24)25-20-9-4-16(15-23)5-10-20/h4-11,13-14H,2-3,12H2,1H3. The highest BCUT2D eigenvalue weighted by Crippen LogP contribution is 2.25. The average Bonchev–Trinajstić information content (AvgIpc) is 2.68. The van der Waals surface area contributed by atoms with Crippen LogP contribution in [0.1, 0.15) is 35.7 Å². The Morgan fingerprint density at radius 3 is 2.50 bits per heavy atom. The normalized spacial score (nSPS) is 10.5. The molecule has 26 heavy (non-hydrogen) atoms. The zero-order chi connectivity index (χ0) is 18.4. The lowest BCUT2D eigenvalue weighted by Crippen LogP contribution is -2.08. The summed E-state index contributed by atoms with van der Waals surface area (Å²) in [5, 5.41) is 10.9. The number of unbranched alkanes of at least 4 members (excludes halogenated alkanes) is 1. The Morgan fingerprint density at radius 1 is 1.04 bits per heavy atom. The Kier molecular flexibility index (Phi) is 5.93. The topological polar surface area (TPSA) is 50.1 Å². The van der Waals surface area contributed by atoms with Gasteiger partial charge in [-0.05, 0) is 71.5 Å². The summed E-state index contributed by atoms with van der Waals surface area (Å²) < 4.78 is 5.39. The molecule has 0 aromatic heterocycles. The third kappa shape index (κ3) is 4.44. The summed E-state index contributed by atoms with van der Waals surface area (Å²) >= 11 is 1.86. The highest BCUT2D eigenvalue weighted by Gasteiger charge is 2.10. The minimum absolute atomic E-state index is 0.405. The van der Waals surface area contributed by atoms with Crippen molar-refractivity contribution in [2.24, 2.45) is 0 Å². The van der Waals surface area contributed by atoms with Crippen LogP contribution in [0.5, 0.6) is 5.75 Å². The number of carbonyl (C=O) groups is 1. The van der Waals surface area contributed by atoms with Crippen LogP contribution in [0.25, 0.3) is 10.8 Å². The van der Waals surface area contributed by atoms with E-state index in [4.69, 9.17) is 10.00 Å². The largest absolute Gasteiger partial charge is 0.423 e. The van der Waals surface area contributed by atoms with Crippen molar-refractivity contribution in [3.63, 3.8) is 0 Å². The van der Waals surface area contributed by atoms with E-state index in [9.17, 15) is 4.79 Å². The molecule has 0 saturated carbocycles. The minimum Gasteiger partial charge on any atom is -0.423 e. The van der Waals surface area contributed by atoms with Crippen LogP contribution in [0.3, 0.4) is 0 Å². The first-order chi connectivity index (χ1) is 12.7. The van der Waals surface area contributed by atoms with Gasteiger partial charge in [0.2, 0.25) is 0 Å². The van der Waals surface area contributed by atoms with Gasteiger partial charge >= 0.3 is 5.97 Å². The van der Waals surface area contributed by atoms with Crippen molar-refractivity contribution in [2.75, 3.05) is 5.75 Å². The first kappa shape index (κ1) is 18.0. The molecule has 0 N–H and O–H groups in total. The fourth-order valence-electron chi connectivity index (χ4n) is 2.54. The Bertz CT molecular complexity index is 958. The van der Waals surface area contributed by atoms with Gasteiger partial charge in [0, 0.05) is 4.90 Å². The monoisotopic (exact) mass is 361 g/mol. The maximum Gasteiger partial charge on any atom is 0.343 e. The van der Waals surface area contributed by atoms with Crippen molar-refractivity contribution >= 4 is 28.5 Å². The van der Waals surface area contributed by atoms with Crippen LogP contribution in [0.4, 0.5) is 0 Å². The fourth-order valence-corrected chi connectivity index (χ4v) is 3.58. The molecule has 4 heteroatoms. The summed E-state index contributed by atoms with van der Waals surface area (Å²) in [6, 6.07) is 20.4. The molecule has 0 heterocycles. The highest BCUT2D eigenvalue weighted by atomic mass is 32.2. The van der Waals surface area contributed by atoms with Crippen LogP contribution in [0, 0.1) is 11.3 Å². The Balaban J connectivity index is 1.74. The molecule has 0 radical (unpaired) electrons. The van der Waals surface area contributed by atoms with Crippen molar-refractivity contribution in [1.82, 2.24) is 0 Å². The van der Waals surface area contributed by atoms with Crippen molar-refractivity contribution in [3.8, 4) is 11.8 Å². The molecule has 3 aromatic carbocycles. The van der Waals surface area contributed by atoms with Gasteiger partial charge in [-0.25, -0.2) is 4.79 Å². The second kappa shape index (κ2) is 8.55. The van der Waals surface area contributed by atoms with Crippen LogP contribution in [-0.4, -0.2) is 11.7 Å². The van der Waals surface area contributed by atoms with Gasteiger partial charge in [0.15, 0.2) is 0 Å². The van der Waals surface area contributed by atoms with Crippen molar-refractivity contribution in [3.05, 3.63) is 71.8 Å². The molecule has 3 aromatic rings. The summed E-state index contributed by atoms with van der Waals surface area (Å²) in [4.78, 5) is 13.6. The van der Waals surface area contributed by atoms with E-state index in [1.807, 2.05) is 36.0 Å². The summed E-state index contributed by atoms with van der Waals surface area (Å²) in [7, 11) is 0. The Morgan fingerprint density at radius 2 is 1.77 bits per heavy atom. The molecule has 0 saturated heterocycles. The number of nitriles is 1. The molecular formula is C22H19NO2S. The molecule has 0 aliphatic rings. The zero-order valence-corrected chi connectivity index (χ0v) is 15.4. The Labute approximate surface area is 157 Å². The van der Waals surface area contributed by atoms with Crippen LogP contribution < -0.4 is 4.74 Å². The molecule has 0 atom stereocenters. The molecule has 0 aliphatic heterocycles. The second-order valence-electron chi connectivity index (χ2n) is 5.95. The van der Waals surface area contributed by atoms with Gasteiger partial charge in [-0.15, -0.1) is 11.8 Å². The quantitative estimate of drug-likeness (QED) is 0.240. The fraction of sp³-hybridized carbons (Fsp3) is 0.182. The predicted molar refractivity (Wildman–Crippen MR) is 106 cm³/mol. The summed E-state index contributed by atoms with van der Waals surface area (Å²) in [6.45, 7) is 2.19. The summed E-state index contributed by atoms with van der Waals surface area (Å²) in [5.41, 5.74) is 1.04. The van der Waals surface area contributed by atoms with Crippen LogP contribution in [0.15, 0.2) is 65.6 Å². The van der Waals surface area contributed by atoms with E-state index < -0.39 is 5.97 Å². The molecule has 0 spiro atoms. The SMILES string of the molecule is CCCCSc1ccc2cc(C(=O)Oc3ccc(C#N)cc3)ccc2c1. The molecule has 0 unspecified atom stereocenters. The van der Waals surface area contributed by atoms with Gasteiger partial charge < -0.3 is 4.74 Å². The number of rotatable bonds is 6. The number of thioether (sulfide) groups is 1. The van der Waals surface area contributed by atoms with E-state index in [0.717, 1.165) is 16.5 Å². The zero-order valence-electron chi connectivity index (χ0n) is 14.6. The molecular weight excluding hydrogens is 342 g/mol. The molecule has 0 fully saturated rings. The number of fused-ring (bicyclic) bond motifs is 1. The molecule has 130 valence electrons. The highest BCUT2D eigenvalue weighted by molar-refractivity contribution is 7.99. The average molecular weight is 361 g/mol. The first-order valence-electron chi connectivity index (χ1n) is 8.58. The van der Waals surface area contributed by atoms with Crippen LogP contribution in [0.2, 0.25) is 0 Å². The van der Waals surface area contributed by atoms with E-state index in [-0.39, 0.29) is 0 Å². The molecule has 0 bridgehead atoms. The van der Waals surface area contributed by atoms with Gasteiger partial charge in [0.1, 0.15) is 5.75 Å². The summed E-state index contributed by atoms with van der Waals surface area (Å²) in [5.74, 6) is 1.14. The lowest BCUT2D eigenvalue weighted by molar-refractivity contribution is 0.0735. The van der Waals surface area contributed by atoms with E-state index in [2.05, 4.69) is 19.1 Å². The smallest absolute Gasteiger partial charge is 0.343 e. The van der Waals surface area contributed by atoms with Crippen molar-refractivity contribution in [2.45, 2.75) is 24.7 Å². The number of carbonyl (C=O) groups excluding carboxylic acids is 1. The maximum absolute atomic E-state index is 12.4. The lowest BCUT2D eigenvalue weighted by Gasteiger charge is -2.07. The van der Waals surface area contributed by atoms with Gasteiger partial charge in [-0.3, -0.25) is 0 Å². The van der Waals surface area contributed by atoms with Crippen molar-refractivity contribution < 1.29 is 9.53 Å². The maximum atomic E-state index is 12.4. The van der Waals surface area contributed by atoms with E-state index in [1.165, 1.54) is 17.7 Å². The van der Waals surface area contributed by atoms with E-state index in [1.54, 1.807) is 30.3 Å². The molecule has 0 aliphatic carbocycles. The molecule has 0 amide bonds. The third-order valence-electron chi connectivity index (χ3n) is 4.01. The van der Waals surface area contributed by atoms with Gasteiger partial charge in [-0.1, -0.05) is 25.5 Å². The van der Waals surface area contributed by atoms with Gasteiger partial charge in [0.25, 0.3) is 0 Å². The number of nitrogens with zero attached hydrogens (tertiary/aromatic N) is 1. The number of hydrogen-bond acceptors (Lipinski definition) is 4. The number of esters is 1. The number of benzene rings is 3. The lowest BCUT2D eigenvalue weighted by atomic mass is 10.1. The predicted octanol–water partition coefficient (Wildman–Crippen LogP) is 5.82. The van der Waals surface area contributed by atoms with Crippen LogP contribution >= 0.6 is 11.8 Å². The third-order valence-corrected chi connectivity index (χ3v) is 5.09. The van der Waals surface area contributed by atoms with E-state index in [0.29, 0.717) is 16.9 Å². The summed E-state index contributed by atoms with van der Waals surface area (Å²) in [6.07, 6.45) is 2.41. The molecule has 3 nitrogen and oxygen atoms in total. The number of ether oxygens (including phenoxy) is 1.